The number of nitrogens with one attached hydrogen (secondary N) is 1. The molecular formula is C15H22N2O6S. The van der Waals surface area contributed by atoms with Crippen LogP contribution in [-0.4, -0.2) is 65.6 Å². The Labute approximate surface area is 141 Å². The Morgan fingerprint density at radius 1 is 1.25 bits per heavy atom. The summed E-state index contributed by atoms with van der Waals surface area (Å²) in [5.74, 6) is -1.20. The first kappa shape index (κ1) is 20.1. The van der Waals surface area contributed by atoms with Crippen LogP contribution >= 0.6 is 0 Å². The van der Waals surface area contributed by atoms with Crippen molar-refractivity contribution in [2.45, 2.75) is 11.3 Å². The van der Waals surface area contributed by atoms with E-state index in [4.69, 9.17) is 9.47 Å². The van der Waals surface area contributed by atoms with Crippen LogP contribution in [0.3, 0.4) is 0 Å². The largest absolute Gasteiger partial charge is 0.452 e. The second kappa shape index (κ2) is 9.36. The van der Waals surface area contributed by atoms with Gasteiger partial charge in [-0.25, -0.2) is 17.5 Å². The fourth-order valence-electron chi connectivity index (χ4n) is 1.70. The molecule has 0 atom stereocenters. The first-order valence-corrected chi connectivity index (χ1v) is 8.68. The van der Waals surface area contributed by atoms with Gasteiger partial charge >= 0.3 is 5.97 Å². The van der Waals surface area contributed by atoms with Gasteiger partial charge in [-0.3, -0.25) is 4.79 Å². The van der Waals surface area contributed by atoms with Crippen LogP contribution < -0.4 is 5.32 Å². The van der Waals surface area contributed by atoms with Gasteiger partial charge in [-0.1, -0.05) is 6.07 Å². The van der Waals surface area contributed by atoms with Crippen molar-refractivity contribution in [3.8, 4) is 0 Å². The molecular weight excluding hydrogens is 336 g/mol. The molecule has 0 aromatic heterocycles. The standard InChI is InChI=1S/C15H22N2O6S/c1-17(2)24(20,21)13-7-4-6-12(10-13)15(19)23-11-14(18)16-8-5-9-22-3/h4,6-7,10H,5,8-9,11H2,1-3H3,(H,16,18). The molecule has 1 N–H and O–H groups in total. The van der Waals surface area contributed by atoms with Gasteiger partial charge in [0, 0.05) is 34.4 Å². The van der Waals surface area contributed by atoms with E-state index < -0.39 is 28.5 Å². The van der Waals surface area contributed by atoms with E-state index >= 15 is 0 Å². The van der Waals surface area contributed by atoms with Gasteiger partial charge in [0.15, 0.2) is 6.61 Å². The number of esters is 1. The number of amides is 1. The van der Waals surface area contributed by atoms with E-state index in [1.54, 1.807) is 7.11 Å². The number of sulfonamides is 1. The Morgan fingerprint density at radius 3 is 2.58 bits per heavy atom. The van der Waals surface area contributed by atoms with Gasteiger partial charge in [0.25, 0.3) is 5.91 Å². The van der Waals surface area contributed by atoms with Crippen LogP contribution in [0.2, 0.25) is 0 Å². The Morgan fingerprint density at radius 2 is 1.96 bits per heavy atom. The van der Waals surface area contributed by atoms with E-state index in [-0.39, 0.29) is 10.5 Å². The fraction of sp³-hybridized carbons (Fsp3) is 0.467. The molecule has 1 rings (SSSR count). The summed E-state index contributed by atoms with van der Waals surface area (Å²) in [5.41, 5.74) is 0.0603. The van der Waals surface area contributed by atoms with Gasteiger partial charge < -0.3 is 14.8 Å². The Bertz CT molecular complexity index is 672. The van der Waals surface area contributed by atoms with Gasteiger partial charge in [0.2, 0.25) is 10.0 Å². The number of methoxy groups -OCH3 is 1. The lowest BCUT2D eigenvalue weighted by Crippen LogP contribution is -2.30. The minimum Gasteiger partial charge on any atom is -0.452 e. The van der Waals surface area contributed by atoms with Gasteiger partial charge in [-0.15, -0.1) is 0 Å². The van der Waals surface area contributed by atoms with E-state index in [1.807, 2.05) is 0 Å². The van der Waals surface area contributed by atoms with Crippen LogP contribution in [0.5, 0.6) is 0 Å². The zero-order valence-electron chi connectivity index (χ0n) is 13.9. The summed E-state index contributed by atoms with van der Waals surface area (Å²) in [5, 5.41) is 2.58. The molecule has 0 heterocycles. The molecule has 9 heteroatoms. The number of hydrogen-bond acceptors (Lipinski definition) is 6. The molecule has 0 fully saturated rings. The molecule has 134 valence electrons. The Balaban J connectivity index is 2.62. The molecule has 24 heavy (non-hydrogen) atoms. The number of carbonyl (C=O) groups is 2. The third-order valence-electron chi connectivity index (χ3n) is 3.03. The van der Waals surface area contributed by atoms with Gasteiger partial charge in [-0.05, 0) is 24.6 Å². The topological polar surface area (TPSA) is 102 Å². The number of benzene rings is 1. The molecule has 1 aromatic rings. The molecule has 0 bridgehead atoms. The third kappa shape index (κ3) is 5.91. The van der Waals surface area contributed by atoms with Crippen LogP contribution in [-0.2, 0) is 24.3 Å². The van der Waals surface area contributed by atoms with Crippen LogP contribution in [0.25, 0.3) is 0 Å². The molecule has 0 saturated carbocycles. The van der Waals surface area contributed by atoms with E-state index in [9.17, 15) is 18.0 Å². The SMILES string of the molecule is COCCCNC(=O)COC(=O)c1cccc(S(=O)(=O)N(C)C)c1. The summed E-state index contributed by atoms with van der Waals surface area (Å²) in [6.07, 6.45) is 0.653. The Kier molecular flexibility index (Phi) is 7.83. The minimum absolute atomic E-state index is 0.0223. The molecule has 8 nitrogen and oxygen atoms in total. The monoisotopic (exact) mass is 358 g/mol. The highest BCUT2D eigenvalue weighted by atomic mass is 32.2. The van der Waals surface area contributed by atoms with Gasteiger partial charge in [0.05, 0.1) is 10.5 Å². The second-order valence-electron chi connectivity index (χ2n) is 5.09. The average Bonchev–Trinajstić information content (AvgIpc) is 2.56. The zero-order valence-corrected chi connectivity index (χ0v) is 14.8. The quantitative estimate of drug-likeness (QED) is 0.501. The lowest BCUT2D eigenvalue weighted by atomic mass is 10.2. The van der Waals surface area contributed by atoms with Crippen molar-refractivity contribution in [2.75, 3.05) is 41.0 Å². The van der Waals surface area contributed by atoms with E-state index in [0.717, 1.165) is 4.31 Å². The van der Waals surface area contributed by atoms with Crippen molar-refractivity contribution >= 4 is 21.9 Å². The number of carbonyl (C=O) groups excluding carboxylic acids is 2. The van der Waals surface area contributed by atoms with Crippen LogP contribution in [0.1, 0.15) is 16.8 Å². The second-order valence-corrected chi connectivity index (χ2v) is 7.24. The maximum atomic E-state index is 12.0. The van der Waals surface area contributed by atoms with E-state index in [2.05, 4.69) is 5.32 Å². The summed E-state index contributed by atoms with van der Waals surface area (Å²) in [4.78, 5) is 23.4. The van der Waals surface area contributed by atoms with E-state index in [1.165, 1.54) is 38.4 Å². The van der Waals surface area contributed by atoms with Crippen molar-refractivity contribution in [3.63, 3.8) is 0 Å². The first-order valence-electron chi connectivity index (χ1n) is 7.24. The number of rotatable bonds is 9. The predicted octanol–water partition coefficient (Wildman–Crippen LogP) is 0.246. The zero-order chi connectivity index (χ0) is 18.2. The fourth-order valence-corrected chi connectivity index (χ4v) is 2.65. The third-order valence-corrected chi connectivity index (χ3v) is 4.84. The van der Waals surface area contributed by atoms with Crippen molar-refractivity contribution in [1.29, 1.82) is 0 Å². The molecule has 0 saturated heterocycles. The minimum atomic E-state index is -3.65. The Hall–Kier alpha value is -1.97. The van der Waals surface area contributed by atoms with Crippen LogP contribution in [0.4, 0.5) is 0 Å². The molecule has 0 unspecified atom stereocenters. The summed E-state index contributed by atoms with van der Waals surface area (Å²) in [6, 6.07) is 5.47. The first-order chi connectivity index (χ1) is 11.3. The van der Waals surface area contributed by atoms with Crippen molar-refractivity contribution < 1.29 is 27.5 Å². The van der Waals surface area contributed by atoms with Crippen molar-refractivity contribution in [3.05, 3.63) is 29.8 Å². The number of nitrogens with zero attached hydrogens (tertiary/aromatic N) is 1. The predicted molar refractivity (Wildman–Crippen MR) is 87.1 cm³/mol. The molecule has 0 radical (unpaired) electrons. The van der Waals surface area contributed by atoms with Gasteiger partial charge in [0.1, 0.15) is 0 Å². The lowest BCUT2D eigenvalue weighted by molar-refractivity contribution is -0.124. The highest BCUT2D eigenvalue weighted by Crippen LogP contribution is 2.15. The van der Waals surface area contributed by atoms with E-state index in [0.29, 0.717) is 19.6 Å². The average molecular weight is 358 g/mol. The molecule has 1 amide bonds. The molecule has 0 spiro atoms. The lowest BCUT2D eigenvalue weighted by Gasteiger charge is -2.12. The maximum absolute atomic E-state index is 12.0. The smallest absolute Gasteiger partial charge is 0.338 e. The molecule has 0 aliphatic heterocycles. The summed E-state index contributed by atoms with van der Waals surface area (Å²) < 4.78 is 34.9. The van der Waals surface area contributed by atoms with Crippen LogP contribution in [0.15, 0.2) is 29.2 Å². The maximum Gasteiger partial charge on any atom is 0.338 e. The molecule has 0 aliphatic rings. The van der Waals surface area contributed by atoms with Crippen molar-refractivity contribution in [1.82, 2.24) is 9.62 Å². The number of hydrogen-bond donors (Lipinski definition) is 1. The summed E-state index contributed by atoms with van der Waals surface area (Å²) >= 11 is 0. The normalized spacial score (nSPS) is 11.3. The number of ether oxygens (including phenoxy) is 2. The highest BCUT2D eigenvalue weighted by molar-refractivity contribution is 7.89. The highest BCUT2D eigenvalue weighted by Gasteiger charge is 2.19. The molecule has 1 aromatic carbocycles. The summed E-state index contributed by atoms with van der Waals surface area (Å²) in [6.45, 7) is 0.504. The van der Waals surface area contributed by atoms with Gasteiger partial charge in [-0.2, -0.15) is 0 Å². The van der Waals surface area contributed by atoms with Crippen molar-refractivity contribution in [2.24, 2.45) is 0 Å². The van der Waals surface area contributed by atoms with Crippen LogP contribution in [0, 0.1) is 0 Å². The molecule has 0 aliphatic carbocycles. The summed E-state index contributed by atoms with van der Waals surface area (Å²) in [7, 11) is 0.711.